The first-order valence-corrected chi connectivity index (χ1v) is 9.19. The summed E-state index contributed by atoms with van der Waals surface area (Å²) in [7, 11) is 1.70. The van der Waals surface area contributed by atoms with E-state index in [1.807, 2.05) is 48.5 Å². The predicted octanol–water partition coefficient (Wildman–Crippen LogP) is 3.51. The molecular formula is C21H28Cl2N4O2. The van der Waals surface area contributed by atoms with E-state index in [2.05, 4.69) is 16.0 Å². The van der Waals surface area contributed by atoms with Crippen LogP contribution in [0, 0.1) is 0 Å². The van der Waals surface area contributed by atoms with Crippen LogP contribution < -0.4 is 15.4 Å². The lowest BCUT2D eigenvalue weighted by Crippen LogP contribution is -2.33. The molecule has 0 unspecified atom stereocenters. The maximum atomic E-state index is 5.88. The summed E-state index contributed by atoms with van der Waals surface area (Å²) in [4.78, 5) is 11.6. The van der Waals surface area contributed by atoms with Gasteiger partial charge in [0, 0.05) is 25.5 Å². The van der Waals surface area contributed by atoms with Crippen molar-refractivity contribution in [3.63, 3.8) is 0 Å². The number of methoxy groups -OCH3 is 1. The molecule has 3 rings (SSSR count). The lowest BCUT2D eigenvalue weighted by Gasteiger charge is -2.25. The van der Waals surface area contributed by atoms with Crippen molar-refractivity contribution in [1.29, 1.82) is 0 Å². The fraction of sp³-hybridized carbons (Fsp3) is 0.333. The third kappa shape index (κ3) is 7.01. The van der Waals surface area contributed by atoms with E-state index in [4.69, 9.17) is 20.2 Å². The maximum absolute atomic E-state index is 5.88. The molecule has 0 amide bonds. The number of nitrogens with zero attached hydrogens (tertiary/aromatic N) is 3. The van der Waals surface area contributed by atoms with Gasteiger partial charge in [-0.25, -0.2) is 9.97 Å². The average Bonchev–Trinajstić information content (AvgIpc) is 2.71. The van der Waals surface area contributed by atoms with Gasteiger partial charge in [-0.05, 0) is 30.8 Å². The highest BCUT2D eigenvalue weighted by molar-refractivity contribution is 5.89. The Balaban J connectivity index is 0.00000210. The van der Waals surface area contributed by atoms with Crippen molar-refractivity contribution in [2.45, 2.75) is 6.42 Å². The van der Waals surface area contributed by atoms with Crippen molar-refractivity contribution < 1.29 is 9.47 Å². The van der Waals surface area contributed by atoms with Gasteiger partial charge < -0.3 is 20.1 Å². The van der Waals surface area contributed by atoms with E-state index in [1.54, 1.807) is 7.11 Å². The quantitative estimate of drug-likeness (QED) is 0.521. The van der Waals surface area contributed by atoms with E-state index in [1.165, 1.54) is 0 Å². The molecule has 29 heavy (non-hydrogen) atoms. The van der Waals surface area contributed by atoms with Crippen LogP contribution in [0.3, 0.4) is 0 Å². The van der Waals surface area contributed by atoms with Gasteiger partial charge in [-0.2, -0.15) is 0 Å². The van der Waals surface area contributed by atoms with Crippen LogP contribution in [0.1, 0.15) is 5.82 Å². The molecule has 2 aromatic carbocycles. The molecule has 6 nitrogen and oxygen atoms in total. The minimum atomic E-state index is 0. The molecule has 158 valence electrons. The molecule has 0 bridgehead atoms. The highest BCUT2D eigenvalue weighted by atomic mass is 35.5. The molecule has 3 aromatic rings. The molecular weight excluding hydrogens is 411 g/mol. The second kappa shape index (κ2) is 13.2. The van der Waals surface area contributed by atoms with E-state index >= 15 is 0 Å². The first-order valence-electron chi connectivity index (χ1n) is 9.19. The molecule has 1 heterocycles. The fourth-order valence-electron chi connectivity index (χ4n) is 2.90. The van der Waals surface area contributed by atoms with Crippen molar-refractivity contribution in [3.8, 4) is 5.75 Å². The zero-order valence-corrected chi connectivity index (χ0v) is 18.1. The SMILES string of the molecule is COCCN(CCOc1ccccc1)c1nc(CCN)nc2ccccc12.Cl.Cl. The van der Waals surface area contributed by atoms with Gasteiger partial charge in [-0.3, -0.25) is 0 Å². The number of hydrogen-bond acceptors (Lipinski definition) is 6. The summed E-state index contributed by atoms with van der Waals surface area (Å²) >= 11 is 0. The van der Waals surface area contributed by atoms with Crippen LogP contribution >= 0.6 is 24.8 Å². The Labute approximate surface area is 184 Å². The number of nitrogens with two attached hydrogens (primary N) is 1. The molecule has 2 N–H and O–H groups in total. The minimum absolute atomic E-state index is 0. The number of fused-ring (bicyclic) bond motifs is 1. The van der Waals surface area contributed by atoms with Gasteiger partial charge in [0.2, 0.25) is 0 Å². The van der Waals surface area contributed by atoms with E-state index in [0.717, 1.165) is 34.8 Å². The molecule has 0 atom stereocenters. The molecule has 0 fully saturated rings. The summed E-state index contributed by atoms with van der Waals surface area (Å²) in [6.07, 6.45) is 0.649. The number of hydrogen-bond donors (Lipinski definition) is 1. The second-order valence-corrected chi connectivity index (χ2v) is 6.16. The van der Waals surface area contributed by atoms with E-state index < -0.39 is 0 Å². The van der Waals surface area contributed by atoms with Crippen LogP contribution in [0.25, 0.3) is 10.9 Å². The highest BCUT2D eigenvalue weighted by Crippen LogP contribution is 2.24. The Morgan fingerprint density at radius 2 is 1.59 bits per heavy atom. The first-order chi connectivity index (χ1) is 13.3. The lowest BCUT2D eigenvalue weighted by atomic mass is 10.2. The smallest absolute Gasteiger partial charge is 0.140 e. The third-order valence-electron chi connectivity index (χ3n) is 4.24. The maximum Gasteiger partial charge on any atom is 0.140 e. The van der Waals surface area contributed by atoms with Gasteiger partial charge in [0.25, 0.3) is 0 Å². The number of rotatable bonds is 10. The zero-order chi connectivity index (χ0) is 18.9. The number of aromatic nitrogens is 2. The number of para-hydroxylation sites is 2. The normalized spacial score (nSPS) is 10.1. The highest BCUT2D eigenvalue weighted by Gasteiger charge is 2.14. The van der Waals surface area contributed by atoms with Gasteiger partial charge >= 0.3 is 0 Å². The van der Waals surface area contributed by atoms with Gasteiger partial charge in [-0.1, -0.05) is 30.3 Å². The Hall–Kier alpha value is -2.12. The zero-order valence-electron chi connectivity index (χ0n) is 16.5. The summed E-state index contributed by atoms with van der Waals surface area (Å²) in [5.74, 6) is 2.52. The molecule has 0 radical (unpaired) electrons. The predicted molar refractivity (Wildman–Crippen MR) is 123 cm³/mol. The average molecular weight is 439 g/mol. The Morgan fingerprint density at radius 3 is 2.31 bits per heavy atom. The van der Waals surface area contributed by atoms with Gasteiger partial charge in [0.05, 0.1) is 18.7 Å². The van der Waals surface area contributed by atoms with Crippen LogP contribution in [-0.2, 0) is 11.2 Å². The standard InChI is InChI=1S/C21H26N4O2.2ClH/c1-26-15-13-25(14-16-27-17-7-3-2-4-8-17)21-18-9-5-6-10-19(18)23-20(24-21)11-12-22;;/h2-10H,11-16,22H2,1H3;2*1H. The number of benzene rings is 2. The summed E-state index contributed by atoms with van der Waals surface area (Å²) < 4.78 is 11.2. The number of ether oxygens (including phenoxy) is 2. The van der Waals surface area contributed by atoms with Crippen molar-refractivity contribution in [2.75, 3.05) is 44.9 Å². The van der Waals surface area contributed by atoms with Crippen LogP contribution in [0.2, 0.25) is 0 Å². The largest absolute Gasteiger partial charge is 0.492 e. The van der Waals surface area contributed by atoms with E-state index in [-0.39, 0.29) is 24.8 Å². The fourth-order valence-corrected chi connectivity index (χ4v) is 2.90. The third-order valence-corrected chi connectivity index (χ3v) is 4.24. The van der Waals surface area contributed by atoms with Crippen molar-refractivity contribution in [3.05, 3.63) is 60.4 Å². The Bertz CT molecular complexity index is 852. The Kier molecular flexibility index (Phi) is 11.3. The molecule has 0 spiro atoms. The molecule has 0 saturated heterocycles. The van der Waals surface area contributed by atoms with Crippen LogP contribution in [0.4, 0.5) is 5.82 Å². The molecule has 0 saturated carbocycles. The molecule has 0 aliphatic rings. The first kappa shape index (κ1) is 24.9. The Morgan fingerprint density at radius 1 is 0.897 bits per heavy atom. The van der Waals surface area contributed by atoms with E-state index in [0.29, 0.717) is 32.7 Å². The molecule has 1 aromatic heterocycles. The van der Waals surface area contributed by atoms with Crippen molar-refractivity contribution in [2.24, 2.45) is 5.73 Å². The van der Waals surface area contributed by atoms with Gasteiger partial charge in [0.15, 0.2) is 0 Å². The molecule has 8 heteroatoms. The number of anilines is 1. The molecule has 0 aliphatic carbocycles. The van der Waals surface area contributed by atoms with E-state index in [9.17, 15) is 0 Å². The lowest BCUT2D eigenvalue weighted by molar-refractivity contribution is 0.203. The van der Waals surface area contributed by atoms with Crippen LogP contribution in [-0.4, -0.2) is 49.9 Å². The second-order valence-electron chi connectivity index (χ2n) is 6.16. The van der Waals surface area contributed by atoms with Crippen molar-refractivity contribution >= 4 is 41.5 Å². The van der Waals surface area contributed by atoms with Crippen LogP contribution in [0.15, 0.2) is 54.6 Å². The summed E-state index contributed by atoms with van der Waals surface area (Å²) in [5, 5.41) is 1.02. The summed E-state index contributed by atoms with van der Waals surface area (Å²) in [6, 6.07) is 17.9. The summed E-state index contributed by atoms with van der Waals surface area (Å²) in [6.45, 7) is 3.10. The summed E-state index contributed by atoms with van der Waals surface area (Å²) in [5.41, 5.74) is 6.65. The number of halogens is 2. The monoisotopic (exact) mass is 438 g/mol. The van der Waals surface area contributed by atoms with Crippen LogP contribution in [0.5, 0.6) is 5.75 Å². The van der Waals surface area contributed by atoms with Gasteiger partial charge in [-0.15, -0.1) is 24.8 Å². The minimum Gasteiger partial charge on any atom is -0.492 e. The van der Waals surface area contributed by atoms with Gasteiger partial charge in [0.1, 0.15) is 24.0 Å². The molecule has 0 aliphatic heterocycles. The topological polar surface area (TPSA) is 73.5 Å². The van der Waals surface area contributed by atoms with Crippen molar-refractivity contribution in [1.82, 2.24) is 9.97 Å².